The maximum absolute atomic E-state index is 9.62. The lowest BCUT2D eigenvalue weighted by Gasteiger charge is -1.97. The molecule has 0 amide bonds. The van der Waals surface area contributed by atoms with Crippen LogP contribution in [0.3, 0.4) is 0 Å². The third-order valence-electron chi connectivity index (χ3n) is 0.651. The van der Waals surface area contributed by atoms with E-state index in [1.54, 1.807) is 0 Å². The maximum atomic E-state index is 9.62. The van der Waals surface area contributed by atoms with Gasteiger partial charge in [-0.3, -0.25) is 15.4 Å². The second-order valence-electron chi connectivity index (χ2n) is 1.41. The van der Waals surface area contributed by atoms with E-state index in [9.17, 15) is 10.1 Å². The van der Waals surface area contributed by atoms with Gasteiger partial charge >= 0.3 is 6.73 Å². The van der Waals surface area contributed by atoms with Crippen molar-refractivity contribution in [2.24, 2.45) is 0 Å². The van der Waals surface area contributed by atoms with Gasteiger partial charge in [-0.1, -0.05) is 6.92 Å². The summed E-state index contributed by atoms with van der Waals surface area (Å²) in [6, 6.07) is 0. The van der Waals surface area contributed by atoms with Crippen LogP contribution in [-0.4, -0.2) is 24.9 Å². The van der Waals surface area contributed by atoms with Gasteiger partial charge < -0.3 is 4.74 Å². The van der Waals surface area contributed by atoms with Gasteiger partial charge in [-0.05, 0) is 6.54 Å². The van der Waals surface area contributed by atoms with Gasteiger partial charge in [0.2, 0.25) is 0 Å². The molecule has 0 aromatic rings. The first kappa shape index (κ1) is 8.32. The highest BCUT2D eigenvalue weighted by Crippen LogP contribution is 1.70. The highest BCUT2D eigenvalue weighted by molar-refractivity contribution is 4.24. The van der Waals surface area contributed by atoms with E-state index < -0.39 is 11.7 Å². The van der Waals surface area contributed by atoms with E-state index in [4.69, 9.17) is 0 Å². The fourth-order valence-corrected chi connectivity index (χ4v) is 0.294. The Morgan fingerprint density at radius 1 is 1.78 bits per heavy atom. The molecule has 0 atom stereocenters. The molecule has 0 spiro atoms. The molecule has 5 nitrogen and oxygen atoms in total. The molecule has 0 saturated carbocycles. The van der Waals surface area contributed by atoms with E-state index in [1.807, 2.05) is 6.92 Å². The second kappa shape index (κ2) is 5.46. The first-order valence-electron chi connectivity index (χ1n) is 2.67. The van der Waals surface area contributed by atoms with E-state index in [0.29, 0.717) is 0 Å². The third-order valence-corrected chi connectivity index (χ3v) is 0.651. The molecule has 0 fully saturated rings. The highest BCUT2D eigenvalue weighted by atomic mass is 16.7. The summed E-state index contributed by atoms with van der Waals surface area (Å²) in [5.74, 6) is 0. The number of rotatable bonds is 5. The van der Waals surface area contributed by atoms with Gasteiger partial charge in [0.25, 0.3) is 0 Å². The van der Waals surface area contributed by atoms with Crippen LogP contribution in [0.25, 0.3) is 0 Å². The Morgan fingerprint density at radius 3 is 2.89 bits per heavy atom. The quantitative estimate of drug-likeness (QED) is 0.245. The van der Waals surface area contributed by atoms with Crippen LogP contribution in [0.15, 0.2) is 0 Å². The van der Waals surface area contributed by atoms with E-state index in [2.05, 4.69) is 10.1 Å². The summed E-state index contributed by atoms with van der Waals surface area (Å²) in [5, 5.41) is 12.4. The molecule has 54 valence electrons. The van der Waals surface area contributed by atoms with Crippen LogP contribution in [0, 0.1) is 10.1 Å². The monoisotopic (exact) mass is 134 g/mol. The van der Waals surface area contributed by atoms with Crippen LogP contribution in [0.4, 0.5) is 0 Å². The van der Waals surface area contributed by atoms with Crippen LogP contribution in [0.1, 0.15) is 6.92 Å². The minimum absolute atomic E-state index is 0.248. The van der Waals surface area contributed by atoms with E-state index in [1.165, 1.54) is 0 Å². The first-order valence-corrected chi connectivity index (χ1v) is 2.67. The molecule has 0 saturated heterocycles. The minimum Gasteiger partial charge on any atom is -0.304 e. The lowest BCUT2D eigenvalue weighted by atomic mass is 10.8. The molecule has 0 unspecified atom stereocenters. The van der Waals surface area contributed by atoms with E-state index in [0.717, 1.165) is 6.54 Å². The maximum Gasteiger partial charge on any atom is 0.307 e. The predicted molar refractivity (Wildman–Crippen MR) is 31.5 cm³/mol. The molecule has 9 heavy (non-hydrogen) atoms. The van der Waals surface area contributed by atoms with Crippen LogP contribution in [0.5, 0.6) is 0 Å². The number of hydrogen-bond donors (Lipinski definition) is 1. The van der Waals surface area contributed by atoms with Gasteiger partial charge in [0.15, 0.2) is 0 Å². The van der Waals surface area contributed by atoms with E-state index in [-0.39, 0.29) is 6.73 Å². The summed E-state index contributed by atoms with van der Waals surface area (Å²) in [6.07, 6.45) is 0. The molecule has 0 rings (SSSR count). The van der Waals surface area contributed by atoms with Crippen molar-refractivity contribution in [1.82, 2.24) is 5.32 Å². The summed E-state index contributed by atoms with van der Waals surface area (Å²) >= 11 is 0. The molecule has 0 bridgehead atoms. The van der Waals surface area contributed by atoms with Crippen molar-refractivity contribution in [3.05, 3.63) is 10.1 Å². The molecular formula is C4H10N2O3. The molecule has 1 N–H and O–H groups in total. The summed E-state index contributed by atoms with van der Waals surface area (Å²) in [7, 11) is 0. The van der Waals surface area contributed by atoms with E-state index >= 15 is 0 Å². The smallest absolute Gasteiger partial charge is 0.304 e. The Balaban J connectivity index is 2.83. The third kappa shape index (κ3) is 7.32. The van der Waals surface area contributed by atoms with Crippen LogP contribution in [-0.2, 0) is 4.74 Å². The normalized spacial score (nSPS) is 9.44. The summed E-state index contributed by atoms with van der Waals surface area (Å²) in [5.41, 5.74) is 0. The van der Waals surface area contributed by atoms with Crippen molar-refractivity contribution in [2.45, 2.75) is 6.92 Å². The van der Waals surface area contributed by atoms with Crippen molar-refractivity contribution in [3.8, 4) is 0 Å². The Kier molecular flexibility index (Phi) is 5.04. The van der Waals surface area contributed by atoms with Crippen molar-refractivity contribution >= 4 is 0 Å². The fourth-order valence-electron chi connectivity index (χ4n) is 0.294. The number of nitrogens with zero attached hydrogens (tertiary/aromatic N) is 1. The van der Waals surface area contributed by atoms with Crippen molar-refractivity contribution < 1.29 is 9.66 Å². The van der Waals surface area contributed by atoms with Gasteiger partial charge in [0, 0.05) is 4.92 Å². The minimum atomic E-state index is -0.517. The summed E-state index contributed by atoms with van der Waals surface area (Å²) < 4.78 is 4.53. The Labute approximate surface area is 53.2 Å². The van der Waals surface area contributed by atoms with Crippen LogP contribution in [0.2, 0.25) is 0 Å². The van der Waals surface area contributed by atoms with Gasteiger partial charge in [0.1, 0.15) is 6.73 Å². The Morgan fingerprint density at radius 2 is 2.44 bits per heavy atom. The van der Waals surface area contributed by atoms with Crippen LogP contribution < -0.4 is 5.32 Å². The molecule has 0 aliphatic heterocycles. The number of nitrogens with one attached hydrogen (secondary N) is 1. The SMILES string of the molecule is CCNCOC[N+](=O)[O-]. The first-order chi connectivity index (χ1) is 4.27. The van der Waals surface area contributed by atoms with Crippen molar-refractivity contribution in [3.63, 3.8) is 0 Å². The standard InChI is InChI=1S/C4H10N2O3/c1-2-5-3-9-4-6(7)8/h5H,2-4H2,1H3. The fraction of sp³-hybridized carbons (Fsp3) is 1.00. The molecule has 0 heterocycles. The summed E-state index contributed by atoms with van der Waals surface area (Å²) in [4.78, 5) is 9.10. The predicted octanol–water partition coefficient (Wildman–Crippen LogP) is -0.196. The zero-order valence-electron chi connectivity index (χ0n) is 5.29. The molecule has 0 aliphatic carbocycles. The average Bonchev–Trinajstić information content (AvgIpc) is 1.80. The van der Waals surface area contributed by atoms with Gasteiger partial charge in [-0.15, -0.1) is 0 Å². The lowest BCUT2D eigenvalue weighted by Crippen LogP contribution is -2.19. The molecular weight excluding hydrogens is 124 g/mol. The van der Waals surface area contributed by atoms with Crippen molar-refractivity contribution in [2.75, 3.05) is 20.0 Å². The summed E-state index contributed by atoms with van der Waals surface area (Å²) in [6.45, 7) is 2.48. The number of nitro groups is 1. The largest absolute Gasteiger partial charge is 0.307 e. The van der Waals surface area contributed by atoms with Gasteiger partial charge in [-0.25, -0.2) is 0 Å². The molecule has 5 heteroatoms. The Hall–Kier alpha value is -0.680. The number of ether oxygens (including phenoxy) is 1. The lowest BCUT2D eigenvalue weighted by molar-refractivity contribution is -0.526. The van der Waals surface area contributed by atoms with Gasteiger partial charge in [0.05, 0.1) is 0 Å². The zero-order valence-corrected chi connectivity index (χ0v) is 5.29. The average molecular weight is 134 g/mol. The second-order valence-corrected chi connectivity index (χ2v) is 1.41. The number of hydrogen-bond acceptors (Lipinski definition) is 4. The molecule has 0 aliphatic rings. The topological polar surface area (TPSA) is 64.4 Å². The highest BCUT2D eigenvalue weighted by Gasteiger charge is 1.91. The van der Waals surface area contributed by atoms with Crippen molar-refractivity contribution in [1.29, 1.82) is 0 Å². The Bertz CT molecular complexity index is 85.9. The molecule has 0 radical (unpaired) electrons. The van der Waals surface area contributed by atoms with Crippen LogP contribution >= 0.6 is 0 Å². The molecule has 0 aromatic carbocycles. The molecule has 0 aromatic heterocycles. The zero-order chi connectivity index (χ0) is 7.11. The van der Waals surface area contributed by atoms with Gasteiger partial charge in [-0.2, -0.15) is 0 Å².